The van der Waals surface area contributed by atoms with Crippen molar-refractivity contribution >= 4 is 0 Å². The maximum Gasteiger partial charge on any atom is 0.128 e. The first-order valence-electron chi connectivity index (χ1n) is 6.37. The van der Waals surface area contributed by atoms with E-state index < -0.39 is 0 Å². The normalized spacial score (nSPS) is 9.84. The van der Waals surface area contributed by atoms with Crippen molar-refractivity contribution in [3.8, 4) is 17.6 Å². The number of aliphatic hydroxyl groups excluding tert-OH is 1. The minimum atomic E-state index is -0.379. The van der Waals surface area contributed by atoms with Crippen LogP contribution in [-0.4, -0.2) is 31.5 Å². The molecule has 4 heteroatoms. The number of halogens is 1. The molecule has 19 heavy (non-hydrogen) atoms. The van der Waals surface area contributed by atoms with Crippen LogP contribution in [0.4, 0.5) is 4.39 Å². The van der Waals surface area contributed by atoms with E-state index in [1.54, 1.807) is 6.07 Å². The largest absolute Gasteiger partial charge is 0.493 e. The van der Waals surface area contributed by atoms with E-state index in [0.717, 1.165) is 6.42 Å². The average molecular weight is 266 g/mol. The van der Waals surface area contributed by atoms with Crippen molar-refractivity contribution < 1.29 is 19.0 Å². The van der Waals surface area contributed by atoms with Gasteiger partial charge in [-0.1, -0.05) is 11.8 Å². The quantitative estimate of drug-likeness (QED) is 0.608. The molecule has 0 spiro atoms. The molecular formula is C15H19FO3. The number of hydrogen-bond donors (Lipinski definition) is 1. The molecule has 1 rings (SSSR count). The van der Waals surface area contributed by atoms with E-state index in [0.29, 0.717) is 37.6 Å². The minimum Gasteiger partial charge on any atom is -0.493 e. The van der Waals surface area contributed by atoms with Crippen molar-refractivity contribution in [2.24, 2.45) is 0 Å². The summed E-state index contributed by atoms with van der Waals surface area (Å²) in [6, 6.07) is 4.36. The van der Waals surface area contributed by atoms with E-state index in [9.17, 15) is 4.39 Å². The Morgan fingerprint density at radius 2 is 2.11 bits per heavy atom. The summed E-state index contributed by atoms with van der Waals surface area (Å²) in [5, 5.41) is 8.63. The van der Waals surface area contributed by atoms with E-state index >= 15 is 0 Å². The molecule has 104 valence electrons. The first-order chi connectivity index (χ1) is 9.26. The van der Waals surface area contributed by atoms with Gasteiger partial charge in [0, 0.05) is 37.7 Å². The third-order valence-electron chi connectivity index (χ3n) is 2.25. The summed E-state index contributed by atoms with van der Waals surface area (Å²) in [5.74, 6) is 5.61. The molecule has 0 aliphatic rings. The molecule has 1 aromatic rings. The van der Waals surface area contributed by atoms with Gasteiger partial charge in [0.2, 0.25) is 0 Å². The van der Waals surface area contributed by atoms with Crippen LogP contribution in [0.1, 0.15) is 25.3 Å². The van der Waals surface area contributed by atoms with Crippen molar-refractivity contribution in [2.45, 2.75) is 19.8 Å². The van der Waals surface area contributed by atoms with Gasteiger partial charge in [-0.3, -0.25) is 0 Å². The Kier molecular flexibility index (Phi) is 7.64. The van der Waals surface area contributed by atoms with Gasteiger partial charge in [0.1, 0.15) is 11.6 Å². The topological polar surface area (TPSA) is 38.7 Å². The third kappa shape index (κ3) is 6.80. The van der Waals surface area contributed by atoms with Gasteiger partial charge >= 0.3 is 0 Å². The lowest BCUT2D eigenvalue weighted by molar-refractivity contribution is 0.131. The predicted molar refractivity (Wildman–Crippen MR) is 71.6 cm³/mol. The summed E-state index contributed by atoms with van der Waals surface area (Å²) < 4.78 is 24.0. The van der Waals surface area contributed by atoms with Gasteiger partial charge in [-0.15, -0.1) is 0 Å². The first-order valence-corrected chi connectivity index (χ1v) is 6.37. The maximum absolute atomic E-state index is 13.3. The fraction of sp³-hybridized carbons (Fsp3) is 0.467. The fourth-order valence-corrected chi connectivity index (χ4v) is 1.43. The van der Waals surface area contributed by atoms with Crippen LogP contribution in [-0.2, 0) is 4.74 Å². The zero-order valence-corrected chi connectivity index (χ0v) is 11.1. The van der Waals surface area contributed by atoms with Gasteiger partial charge in [0.15, 0.2) is 0 Å². The van der Waals surface area contributed by atoms with Crippen LogP contribution in [0.15, 0.2) is 18.2 Å². The Bertz CT molecular complexity index is 435. The summed E-state index contributed by atoms with van der Waals surface area (Å²) in [6.45, 7) is 3.74. The van der Waals surface area contributed by atoms with Crippen LogP contribution in [0.5, 0.6) is 5.75 Å². The zero-order chi connectivity index (χ0) is 13.9. The number of aliphatic hydroxyl groups is 1. The SMILES string of the molecule is CCOCCCOc1cc(F)cc(C#CCCO)c1. The second kappa shape index (κ2) is 9.37. The van der Waals surface area contributed by atoms with Crippen LogP contribution >= 0.6 is 0 Å². The Labute approximate surface area is 113 Å². The summed E-state index contributed by atoms with van der Waals surface area (Å²) in [4.78, 5) is 0. The number of rotatable bonds is 7. The second-order valence-corrected chi connectivity index (χ2v) is 3.85. The third-order valence-corrected chi connectivity index (χ3v) is 2.25. The van der Waals surface area contributed by atoms with Crippen molar-refractivity contribution in [3.63, 3.8) is 0 Å². The summed E-state index contributed by atoms with van der Waals surface area (Å²) in [5.41, 5.74) is 0.549. The highest BCUT2D eigenvalue weighted by molar-refractivity contribution is 5.40. The molecule has 0 radical (unpaired) electrons. The Hall–Kier alpha value is -1.57. The molecule has 0 amide bonds. The lowest BCUT2D eigenvalue weighted by Crippen LogP contribution is -2.03. The van der Waals surface area contributed by atoms with Gasteiger partial charge in [-0.2, -0.15) is 0 Å². The molecule has 0 saturated heterocycles. The van der Waals surface area contributed by atoms with Gasteiger partial charge in [0.05, 0.1) is 13.2 Å². The van der Waals surface area contributed by atoms with E-state index in [2.05, 4.69) is 11.8 Å². The maximum atomic E-state index is 13.3. The van der Waals surface area contributed by atoms with Crippen LogP contribution < -0.4 is 4.74 Å². The smallest absolute Gasteiger partial charge is 0.128 e. The molecule has 1 aromatic carbocycles. The standard InChI is InChI=1S/C15H19FO3/c1-2-18-8-5-9-19-15-11-13(6-3-4-7-17)10-14(16)12-15/h10-12,17H,2,4-5,7-9H2,1H3. The highest BCUT2D eigenvalue weighted by Gasteiger charge is 2.00. The number of hydrogen-bond acceptors (Lipinski definition) is 3. The van der Waals surface area contributed by atoms with Crippen molar-refractivity contribution in [1.29, 1.82) is 0 Å². The summed E-state index contributed by atoms with van der Waals surface area (Å²) in [6.07, 6.45) is 1.14. The molecule has 3 nitrogen and oxygen atoms in total. The lowest BCUT2D eigenvalue weighted by atomic mass is 10.2. The molecule has 0 bridgehead atoms. The molecular weight excluding hydrogens is 247 g/mol. The van der Waals surface area contributed by atoms with E-state index in [1.807, 2.05) is 6.92 Å². The Morgan fingerprint density at radius 1 is 1.26 bits per heavy atom. The van der Waals surface area contributed by atoms with E-state index in [4.69, 9.17) is 14.6 Å². The monoisotopic (exact) mass is 266 g/mol. The molecule has 1 N–H and O–H groups in total. The minimum absolute atomic E-state index is 0.00308. The van der Waals surface area contributed by atoms with Crippen LogP contribution in [0.2, 0.25) is 0 Å². The zero-order valence-electron chi connectivity index (χ0n) is 11.1. The molecule has 0 atom stereocenters. The van der Waals surface area contributed by atoms with Crippen LogP contribution in [0.3, 0.4) is 0 Å². The average Bonchev–Trinajstić information content (AvgIpc) is 2.38. The van der Waals surface area contributed by atoms with Crippen LogP contribution in [0, 0.1) is 17.7 Å². The van der Waals surface area contributed by atoms with Crippen LogP contribution in [0.25, 0.3) is 0 Å². The lowest BCUT2D eigenvalue weighted by Gasteiger charge is -2.07. The highest BCUT2D eigenvalue weighted by Crippen LogP contribution is 2.16. The molecule has 0 fully saturated rings. The fourth-order valence-electron chi connectivity index (χ4n) is 1.43. The first kappa shape index (κ1) is 15.5. The summed E-state index contributed by atoms with van der Waals surface area (Å²) in [7, 11) is 0. The van der Waals surface area contributed by atoms with Gasteiger partial charge < -0.3 is 14.6 Å². The molecule has 0 aromatic heterocycles. The number of ether oxygens (including phenoxy) is 2. The molecule has 0 aliphatic heterocycles. The Morgan fingerprint density at radius 3 is 2.84 bits per heavy atom. The molecule has 0 heterocycles. The van der Waals surface area contributed by atoms with Gasteiger partial charge in [0.25, 0.3) is 0 Å². The van der Waals surface area contributed by atoms with Gasteiger partial charge in [-0.05, 0) is 19.1 Å². The van der Waals surface area contributed by atoms with Crippen molar-refractivity contribution in [1.82, 2.24) is 0 Å². The molecule has 0 aliphatic carbocycles. The molecule has 0 saturated carbocycles. The summed E-state index contributed by atoms with van der Waals surface area (Å²) >= 11 is 0. The van der Waals surface area contributed by atoms with Crippen molar-refractivity contribution in [2.75, 3.05) is 26.4 Å². The predicted octanol–water partition coefficient (Wildman–Crippen LogP) is 2.37. The second-order valence-electron chi connectivity index (χ2n) is 3.85. The van der Waals surface area contributed by atoms with Crippen molar-refractivity contribution in [3.05, 3.63) is 29.6 Å². The van der Waals surface area contributed by atoms with E-state index in [1.165, 1.54) is 12.1 Å². The number of benzene rings is 1. The Balaban J connectivity index is 2.52. The van der Waals surface area contributed by atoms with Gasteiger partial charge in [-0.25, -0.2) is 4.39 Å². The molecule has 0 unspecified atom stereocenters. The van der Waals surface area contributed by atoms with E-state index in [-0.39, 0.29) is 12.4 Å². The highest BCUT2D eigenvalue weighted by atomic mass is 19.1.